The summed E-state index contributed by atoms with van der Waals surface area (Å²) in [5.74, 6) is 0. The number of benzene rings is 2. The highest BCUT2D eigenvalue weighted by Crippen LogP contribution is 2.27. The molecule has 0 heterocycles. The van der Waals surface area contributed by atoms with Crippen LogP contribution >= 0.6 is 0 Å². The number of nitrogens with zero attached hydrogens (tertiary/aromatic N) is 2. The van der Waals surface area contributed by atoms with Gasteiger partial charge in [0.25, 0.3) is 10.0 Å². The summed E-state index contributed by atoms with van der Waals surface area (Å²) in [6, 6.07) is 13.1. The van der Waals surface area contributed by atoms with Crippen molar-refractivity contribution in [1.29, 1.82) is 5.26 Å². The summed E-state index contributed by atoms with van der Waals surface area (Å²) in [4.78, 5) is 1.57. The molecule has 0 amide bonds. The summed E-state index contributed by atoms with van der Waals surface area (Å²) >= 11 is 0. The molecule has 0 bridgehead atoms. The quantitative estimate of drug-likeness (QED) is 0.618. The molecule has 2 aromatic carbocycles. The van der Waals surface area contributed by atoms with Crippen LogP contribution in [0.1, 0.15) is 12.5 Å². The molecule has 0 radical (unpaired) electrons. The normalized spacial score (nSPS) is 13.8. The number of anilines is 1. The Labute approximate surface area is 159 Å². The lowest BCUT2D eigenvalue weighted by Gasteiger charge is -2.14. The van der Waals surface area contributed by atoms with Crippen molar-refractivity contribution in [2.45, 2.75) is 13.0 Å². The van der Waals surface area contributed by atoms with Crippen LogP contribution in [0, 0.1) is 11.3 Å². The van der Waals surface area contributed by atoms with Gasteiger partial charge in [-0.2, -0.15) is 5.26 Å². The molecule has 144 valence electrons. The fraction of sp³-hybridized carbons (Fsp3) is 0.316. The summed E-state index contributed by atoms with van der Waals surface area (Å²) in [5, 5.41) is 29.4. The minimum atomic E-state index is -4.11. The Bertz CT molecular complexity index is 1010. The molecule has 0 aliphatic carbocycles. The van der Waals surface area contributed by atoms with E-state index in [2.05, 4.69) is 4.72 Å². The summed E-state index contributed by atoms with van der Waals surface area (Å²) < 4.78 is 26.9. The van der Waals surface area contributed by atoms with Crippen LogP contribution in [-0.4, -0.2) is 52.0 Å². The minimum absolute atomic E-state index is 0.307. The van der Waals surface area contributed by atoms with Crippen molar-refractivity contribution in [3.8, 4) is 6.07 Å². The molecule has 0 aliphatic rings. The second-order valence-corrected chi connectivity index (χ2v) is 8.10. The number of nitriles is 1. The lowest BCUT2D eigenvalue weighted by atomic mass is 10.0. The SMILES string of the molecule is C/C(=C(/C#N)S(=O)(=O)NCC(O)CO)c1ccc2cc(N(C)C)ccc2c1. The van der Waals surface area contributed by atoms with Gasteiger partial charge in [-0.05, 0) is 47.0 Å². The molecule has 0 spiro atoms. The number of rotatable bonds is 7. The topological polar surface area (TPSA) is 114 Å². The maximum Gasteiger partial charge on any atom is 0.251 e. The summed E-state index contributed by atoms with van der Waals surface area (Å²) in [5.41, 5.74) is 1.97. The highest BCUT2D eigenvalue weighted by Gasteiger charge is 2.22. The maximum absolute atomic E-state index is 12.4. The second-order valence-electron chi connectivity index (χ2n) is 6.39. The Kier molecular flexibility index (Phi) is 6.57. The van der Waals surface area contributed by atoms with Gasteiger partial charge in [-0.1, -0.05) is 18.2 Å². The second kappa shape index (κ2) is 8.50. The average Bonchev–Trinajstić information content (AvgIpc) is 2.65. The smallest absolute Gasteiger partial charge is 0.251 e. The molecule has 0 saturated heterocycles. The molecule has 7 nitrogen and oxygen atoms in total. The largest absolute Gasteiger partial charge is 0.394 e. The molecule has 1 atom stereocenters. The number of allylic oxidation sites excluding steroid dienone is 2. The Hall–Kier alpha value is -2.44. The van der Waals surface area contributed by atoms with Crippen LogP contribution in [0.25, 0.3) is 16.3 Å². The molecule has 0 aromatic heterocycles. The molecule has 3 N–H and O–H groups in total. The average molecular weight is 389 g/mol. The van der Waals surface area contributed by atoms with Crippen molar-refractivity contribution in [3.63, 3.8) is 0 Å². The van der Waals surface area contributed by atoms with E-state index in [9.17, 15) is 18.8 Å². The van der Waals surface area contributed by atoms with Gasteiger partial charge >= 0.3 is 0 Å². The van der Waals surface area contributed by atoms with Crippen LogP contribution in [-0.2, 0) is 10.0 Å². The van der Waals surface area contributed by atoms with E-state index in [1.165, 1.54) is 0 Å². The van der Waals surface area contributed by atoms with E-state index in [0.717, 1.165) is 16.5 Å². The van der Waals surface area contributed by atoms with Gasteiger partial charge < -0.3 is 15.1 Å². The molecular weight excluding hydrogens is 366 g/mol. The van der Waals surface area contributed by atoms with E-state index in [0.29, 0.717) is 11.1 Å². The standard InChI is InChI=1S/C19H23N3O4S/c1-13(19(10-20)27(25,26)21-11-18(24)12-23)14-4-5-16-9-17(22(2)3)7-6-15(16)8-14/h4-9,18,21,23-24H,11-12H2,1-3H3/b19-13+. The fourth-order valence-corrected chi connectivity index (χ4v) is 3.76. The number of sulfonamides is 1. The van der Waals surface area contributed by atoms with Gasteiger partial charge in [0.2, 0.25) is 0 Å². The zero-order valence-corrected chi connectivity index (χ0v) is 16.3. The lowest BCUT2D eigenvalue weighted by Crippen LogP contribution is -2.34. The van der Waals surface area contributed by atoms with Gasteiger partial charge in [-0.3, -0.25) is 0 Å². The molecule has 0 fully saturated rings. The maximum atomic E-state index is 12.4. The first-order valence-electron chi connectivity index (χ1n) is 8.30. The van der Waals surface area contributed by atoms with Crippen LogP contribution < -0.4 is 9.62 Å². The van der Waals surface area contributed by atoms with E-state index in [1.807, 2.05) is 49.3 Å². The van der Waals surface area contributed by atoms with Crippen molar-refractivity contribution in [2.24, 2.45) is 0 Å². The third-order valence-electron chi connectivity index (χ3n) is 4.20. The predicted molar refractivity (Wildman–Crippen MR) is 106 cm³/mol. The van der Waals surface area contributed by atoms with Gasteiger partial charge in [-0.25, -0.2) is 13.1 Å². The van der Waals surface area contributed by atoms with Crippen molar-refractivity contribution in [1.82, 2.24) is 4.72 Å². The number of aliphatic hydroxyl groups excluding tert-OH is 2. The first-order valence-corrected chi connectivity index (χ1v) is 9.79. The number of hydrogen-bond acceptors (Lipinski definition) is 6. The van der Waals surface area contributed by atoms with Crippen LogP contribution in [0.2, 0.25) is 0 Å². The third kappa shape index (κ3) is 4.84. The first-order chi connectivity index (χ1) is 12.7. The third-order valence-corrected chi connectivity index (χ3v) is 5.69. The van der Waals surface area contributed by atoms with Crippen molar-refractivity contribution in [3.05, 3.63) is 46.9 Å². The highest BCUT2D eigenvalue weighted by molar-refractivity contribution is 7.93. The van der Waals surface area contributed by atoms with E-state index in [1.54, 1.807) is 19.1 Å². The monoisotopic (exact) mass is 389 g/mol. The molecule has 1 unspecified atom stereocenters. The molecular formula is C19H23N3O4S. The number of fused-ring (bicyclic) bond motifs is 1. The number of hydrogen-bond donors (Lipinski definition) is 3. The van der Waals surface area contributed by atoms with Crippen LogP contribution in [0.15, 0.2) is 41.3 Å². The van der Waals surface area contributed by atoms with E-state index < -0.39 is 27.6 Å². The van der Waals surface area contributed by atoms with Crippen LogP contribution in [0.5, 0.6) is 0 Å². The van der Waals surface area contributed by atoms with Gasteiger partial charge in [-0.15, -0.1) is 0 Å². The fourth-order valence-electron chi connectivity index (χ4n) is 2.56. The zero-order valence-electron chi connectivity index (χ0n) is 15.5. The summed E-state index contributed by atoms with van der Waals surface area (Å²) in [7, 11) is -0.202. The molecule has 0 aliphatic heterocycles. The first kappa shape index (κ1) is 20.9. The Morgan fingerprint density at radius 3 is 2.44 bits per heavy atom. The number of nitrogens with one attached hydrogen (secondary N) is 1. The van der Waals surface area contributed by atoms with Gasteiger partial charge in [0, 0.05) is 26.3 Å². The minimum Gasteiger partial charge on any atom is -0.394 e. The predicted octanol–water partition coefficient (Wildman–Crippen LogP) is 1.43. The van der Waals surface area contributed by atoms with Gasteiger partial charge in [0.15, 0.2) is 4.91 Å². The van der Waals surface area contributed by atoms with Crippen LogP contribution in [0.3, 0.4) is 0 Å². The van der Waals surface area contributed by atoms with E-state index in [-0.39, 0.29) is 6.54 Å². The van der Waals surface area contributed by atoms with Crippen molar-refractivity contribution >= 4 is 32.1 Å². The molecule has 2 aromatic rings. The Morgan fingerprint density at radius 2 is 1.85 bits per heavy atom. The van der Waals surface area contributed by atoms with E-state index in [4.69, 9.17) is 5.11 Å². The van der Waals surface area contributed by atoms with E-state index >= 15 is 0 Å². The molecule has 8 heteroatoms. The Morgan fingerprint density at radius 1 is 1.22 bits per heavy atom. The van der Waals surface area contributed by atoms with Gasteiger partial charge in [0.1, 0.15) is 6.07 Å². The van der Waals surface area contributed by atoms with Crippen molar-refractivity contribution < 1.29 is 18.6 Å². The zero-order chi connectivity index (χ0) is 20.2. The molecule has 2 rings (SSSR count). The Balaban J connectivity index is 2.44. The van der Waals surface area contributed by atoms with Crippen LogP contribution in [0.4, 0.5) is 5.69 Å². The number of aliphatic hydroxyl groups is 2. The van der Waals surface area contributed by atoms with Gasteiger partial charge in [0.05, 0.1) is 12.7 Å². The summed E-state index contributed by atoms with van der Waals surface area (Å²) in [6.45, 7) is 0.616. The summed E-state index contributed by atoms with van der Waals surface area (Å²) in [6.07, 6.45) is -1.23. The van der Waals surface area contributed by atoms with Crippen molar-refractivity contribution in [2.75, 3.05) is 32.1 Å². The molecule has 27 heavy (non-hydrogen) atoms. The highest BCUT2D eigenvalue weighted by atomic mass is 32.2. The molecule has 0 saturated carbocycles. The lowest BCUT2D eigenvalue weighted by molar-refractivity contribution is 0.0989.